The second-order valence-corrected chi connectivity index (χ2v) is 7.52. The Morgan fingerprint density at radius 3 is 2.78 bits per heavy atom. The van der Waals surface area contributed by atoms with Gasteiger partial charge in [0.15, 0.2) is 16.1 Å². The van der Waals surface area contributed by atoms with Crippen molar-refractivity contribution in [1.82, 2.24) is 19.7 Å². The number of hydrogen-bond acceptors (Lipinski definition) is 6. The lowest BCUT2D eigenvalue weighted by molar-refractivity contribution is -0.116. The Bertz CT molecular complexity index is 919. The predicted molar refractivity (Wildman–Crippen MR) is 111 cm³/mol. The molecule has 0 saturated heterocycles. The Labute approximate surface area is 167 Å². The zero-order valence-corrected chi connectivity index (χ0v) is 17.0. The Balaban J connectivity index is 1.77. The number of carbonyl (C=O) groups excluding carboxylic acids is 1. The van der Waals surface area contributed by atoms with E-state index in [2.05, 4.69) is 21.8 Å². The van der Waals surface area contributed by atoms with Crippen LogP contribution < -0.4 is 4.90 Å². The Morgan fingerprint density at radius 1 is 1.33 bits per heavy atom. The molecule has 2 aromatic heterocycles. The van der Waals surface area contributed by atoms with Crippen molar-refractivity contribution in [3.63, 3.8) is 0 Å². The van der Waals surface area contributed by atoms with E-state index in [1.165, 1.54) is 11.3 Å². The van der Waals surface area contributed by atoms with Crippen molar-refractivity contribution < 1.29 is 4.79 Å². The summed E-state index contributed by atoms with van der Waals surface area (Å²) >= 11 is 3.06. The second-order valence-electron chi connectivity index (χ2n) is 5.74. The van der Waals surface area contributed by atoms with Crippen molar-refractivity contribution in [3.05, 3.63) is 54.1 Å². The molecule has 0 aliphatic heterocycles. The summed E-state index contributed by atoms with van der Waals surface area (Å²) in [5.41, 5.74) is 1.95. The minimum atomic E-state index is 0.00396. The van der Waals surface area contributed by atoms with Gasteiger partial charge >= 0.3 is 0 Å². The average Bonchev–Trinajstić information content (AvgIpc) is 3.29. The van der Waals surface area contributed by atoms with E-state index >= 15 is 0 Å². The minimum absolute atomic E-state index is 0.00396. The Morgan fingerprint density at radius 2 is 2.11 bits per heavy atom. The quantitative estimate of drug-likeness (QED) is 0.418. The zero-order valence-electron chi connectivity index (χ0n) is 15.3. The molecule has 0 radical (unpaired) electrons. The molecule has 6 nitrogen and oxygen atoms in total. The van der Waals surface area contributed by atoms with Gasteiger partial charge in [0.2, 0.25) is 5.91 Å². The number of benzene rings is 1. The van der Waals surface area contributed by atoms with Gasteiger partial charge in [0.1, 0.15) is 0 Å². The zero-order chi connectivity index (χ0) is 19.2. The highest BCUT2D eigenvalue weighted by molar-refractivity contribution is 7.98. The lowest BCUT2D eigenvalue weighted by Gasteiger charge is -2.14. The summed E-state index contributed by atoms with van der Waals surface area (Å²) in [5, 5.41) is 12.3. The van der Waals surface area contributed by atoms with Gasteiger partial charge in [0.25, 0.3) is 0 Å². The predicted octanol–water partition coefficient (Wildman–Crippen LogP) is 4.25. The molecule has 0 saturated carbocycles. The average molecular weight is 400 g/mol. The maximum Gasteiger partial charge on any atom is 0.225 e. The second kappa shape index (κ2) is 8.96. The molecular formula is C19H21N5OS2. The molecule has 3 aromatic rings. The summed E-state index contributed by atoms with van der Waals surface area (Å²) in [5.74, 6) is 1.49. The van der Waals surface area contributed by atoms with Crippen LogP contribution in [0.2, 0.25) is 0 Å². The first-order valence-electron chi connectivity index (χ1n) is 8.58. The number of thioether (sulfide) groups is 1. The van der Waals surface area contributed by atoms with Crippen LogP contribution in [0.25, 0.3) is 11.4 Å². The van der Waals surface area contributed by atoms with Crippen LogP contribution in [0.1, 0.15) is 19.5 Å². The van der Waals surface area contributed by atoms with Gasteiger partial charge in [-0.15, -0.1) is 28.1 Å². The number of nitrogens with zero attached hydrogens (tertiary/aromatic N) is 5. The number of carbonyl (C=O) groups is 1. The molecule has 0 aliphatic carbocycles. The minimum Gasteiger partial charge on any atom is -0.298 e. The van der Waals surface area contributed by atoms with Gasteiger partial charge in [-0.2, -0.15) is 0 Å². The van der Waals surface area contributed by atoms with Gasteiger partial charge in [-0.1, -0.05) is 48.2 Å². The lowest BCUT2D eigenvalue weighted by atomic mass is 10.2. The molecule has 0 bridgehead atoms. The van der Waals surface area contributed by atoms with Crippen molar-refractivity contribution in [2.45, 2.75) is 31.3 Å². The molecule has 3 rings (SSSR count). The molecule has 2 heterocycles. The normalized spacial score (nSPS) is 10.7. The molecule has 27 heavy (non-hydrogen) atoms. The fraction of sp³-hybridized carbons (Fsp3) is 0.263. The third kappa shape index (κ3) is 4.45. The molecular weight excluding hydrogens is 378 g/mol. The lowest BCUT2D eigenvalue weighted by Crippen LogP contribution is -2.27. The van der Waals surface area contributed by atoms with E-state index in [9.17, 15) is 4.79 Å². The summed E-state index contributed by atoms with van der Waals surface area (Å²) in [7, 11) is 0. The highest BCUT2D eigenvalue weighted by atomic mass is 32.2. The van der Waals surface area contributed by atoms with Crippen LogP contribution >= 0.6 is 23.1 Å². The first-order valence-corrected chi connectivity index (χ1v) is 10.4. The SMILES string of the molecule is C=CCn1c(SCc2csc(N(CC)C(C)=O)n2)nnc1-c1ccccc1. The number of aromatic nitrogens is 4. The topological polar surface area (TPSA) is 63.9 Å². The molecule has 0 unspecified atom stereocenters. The van der Waals surface area contributed by atoms with E-state index in [1.807, 2.05) is 53.3 Å². The van der Waals surface area contributed by atoms with Crippen molar-refractivity contribution in [1.29, 1.82) is 0 Å². The standard InChI is InChI=1S/C19H21N5OS2/c1-4-11-24-17(15-9-7-6-8-10-15)21-22-19(24)27-13-16-12-26-18(20-16)23(5-2)14(3)25/h4,6-10,12H,1,5,11,13H2,2-3H3. The van der Waals surface area contributed by atoms with Gasteiger partial charge in [-0.25, -0.2) is 4.98 Å². The first-order chi connectivity index (χ1) is 13.1. The van der Waals surface area contributed by atoms with Gasteiger partial charge in [0.05, 0.1) is 5.69 Å². The molecule has 0 N–H and O–H groups in total. The van der Waals surface area contributed by atoms with E-state index in [0.29, 0.717) is 18.8 Å². The molecule has 0 spiro atoms. The van der Waals surface area contributed by atoms with Gasteiger partial charge in [-0.05, 0) is 6.92 Å². The molecule has 1 aromatic carbocycles. The fourth-order valence-corrected chi connectivity index (χ4v) is 4.49. The summed E-state index contributed by atoms with van der Waals surface area (Å²) in [6, 6.07) is 9.99. The summed E-state index contributed by atoms with van der Waals surface area (Å²) in [6.45, 7) is 8.60. The smallest absolute Gasteiger partial charge is 0.225 e. The third-order valence-corrected chi connectivity index (χ3v) is 5.79. The molecule has 0 aliphatic rings. The highest BCUT2D eigenvalue weighted by Crippen LogP contribution is 2.28. The maximum atomic E-state index is 11.7. The van der Waals surface area contributed by atoms with Crippen LogP contribution in [0, 0.1) is 0 Å². The van der Waals surface area contributed by atoms with Crippen molar-refractivity contribution >= 4 is 34.1 Å². The van der Waals surface area contributed by atoms with Crippen LogP contribution in [0.5, 0.6) is 0 Å². The molecule has 0 fully saturated rings. The highest BCUT2D eigenvalue weighted by Gasteiger charge is 2.16. The first kappa shape index (κ1) is 19.3. The number of anilines is 1. The van der Waals surface area contributed by atoms with Crippen molar-refractivity contribution in [3.8, 4) is 11.4 Å². The molecule has 0 atom stereocenters. The maximum absolute atomic E-state index is 11.7. The monoisotopic (exact) mass is 399 g/mol. The van der Waals surface area contributed by atoms with Crippen LogP contribution in [-0.2, 0) is 17.1 Å². The van der Waals surface area contributed by atoms with Crippen molar-refractivity contribution in [2.75, 3.05) is 11.4 Å². The van der Waals surface area contributed by atoms with E-state index < -0.39 is 0 Å². The van der Waals surface area contributed by atoms with Crippen molar-refractivity contribution in [2.24, 2.45) is 0 Å². The molecule has 1 amide bonds. The summed E-state index contributed by atoms with van der Waals surface area (Å²) in [6.07, 6.45) is 1.84. The Kier molecular flexibility index (Phi) is 6.41. The fourth-order valence-electron chi connectivity index (χ4n) is 2.61. The molecule has 140 valence electrons. The van der Waals surface area contributed by atoms with Crippen LogP contribution in [0.4, 0.5) is 5.13 Å². The van der Waals surface area contributed by atoms with Gasteiger partial charge in [-0.3, -0.25) is 14.3 Å². The number of thiazole rings is 1. The van der Waals surface area contributed by atoms with Crippen LogP contribution in [-0.4, -0.2) is 32.2 Å². The summed E-state index contributed by atoms with van der Waals surface area (Å²) < 4.78 is 2.05. The van der Waals surface area contributed by atoms with Crippen LogP contribution in [0.15, 0.2) is 53.5 Å². The number of allylic oxidation sites excluding steroid dienone is 1. The van der Waals surface area contributed by atoms with E-state index in [0.717, 1.165) is 27.4 Å². The summed E-state index contributed by atoms with van der Waals surface area (Å²) in [4.78, 5) is 17.9. The van der Waals surface area contributed by atoms with Gasteiger partial charge in [0, 0.05) is 36.7 Å². The number of hydrogen-bond donors (Lipinski definition) is 0. The number of rotatable bonds is 8. The van der Waals surface area contributed by atoms with Crippen LogP contribution in [0.3, 0.4) is 0 Å². The van der Waals surface area contributed by atoms with Gasteiger partial charge < -0.3 is 0 Å². The Hall–Kier alpha value is -2.45. The van der Waals surface area contributed by atoms with E-state index in [-0.39, 0.29) is 5.91 Å². The van der Waals surface area contributed by atoms with E-state index in [1.54, 1.807) is 23.6 Å². The number of amides is 1. The third-order valence-electron chi connectivity index (χ3n) is 3.88. The largest absolute Gasteiger partial charge is 0.298 e. The molecule has 8 heteroatoms. The van der Waals surface area contributed by atoms with E-state index in [4.69, 9.17) is 0 Å².